The Balaban J connectivity index is 1.99. The zero-order valence-corrected chi connectivity index (χ0v) is 11.5. The molecular formula is C12H8BrN3O4. The molecule has 20 heavy (non-hydrogen) atoms. The number of nitro groups is 1. The highest BCUT2D eigenvalue weighted by atomic mass is 79.9. The summed E-state index contributed by atoms with van der Waals surface area (Å²) in [5.41, 5.74) is 2.73. The van der Waals surface area contributed by atoms with Gasteiger partial charge in [-0.15, -0.1) is 0 Å². The summed E-state index contributed by atoms with van der Waals surface area (Å²) in [5.74, 6) is -0.611. The molecule has 0 saturated heterocycles. The fourth-order valence-corrected chi connectivity index (χ4v) is 1.76. The van der Waals surface area contributed by atoms with Crippen LogP contribution in [0.2, 0.25) is 0 Å². The molecule has 2 rings (SSSR count). The van der Waals surface area contributed by atoms with E-state index in [4.69, 9.17) is 4.42 Å². The number of carbonyl (C=O) groups is 1. The van der Waals surface area contributed by atoms with Crippen LogP contribution in [0.4, 0.5) is 5.88 Å². The van der Waals surface area contributed by atoms with Gasteiger partial charge in [-0.3, -0.25) is 14.9 Å². The fraction of sp³-hybridized carbons (Fsp3) is 0. The Morgan fingerprint density at radius 1 is 1.40 bits per heavy atom. The second kappa shape index (κ2) is 6.11. The molecule has 7 nitrogen and oxygen atoms in total. The van der Waals surface area contributed by atoms with Crippen molar-refractivity contribution in [3.8, 4) is 0 Å². The van der Waals surface area contributed by atoms with Gasteiger partial charge in [0.2, 0.25) is 0 Å². The summed E-state index contributed by atoms with van der Waals surface area (Å²) in [6, 6.07) is 9.38. The van der Waals surface area contributed by atoms with E-state index in [1.165, 1.54) is 18.3 Å². The highest BCUT2D eigenvalue weighted by Crippen LogP contribution is 2.14. The van der Waals surface area contributed by atoms with Crippen molar-refractivity contribution in [2.75, 3.05) is 0 Å². The van der Waals surface area contributed by atoms with Crippen molar-refractivity contribution in [3.63, 3.8) is 0 Å². The summed E-state index contributed by atoms with van der Waals surface area (Å²) < 4.78 is 5.62. The van der Waals surface area contributed by atoms with Crippen LogP contribution in [0.1, 0.15) is 16.1 Å². The predicted octanol–water partition coefficient (Wildman–Crippen LogP) is 2.71. The summed E-state index contributed by atoms with van der Waals surface area (Å²) in [5, 5.41) is 14.1. The molecule has 0 aliphatic heterocycles. The summed E-state index contributed by atoms with van der Waals surface area (Å²) in [4.78, 5) is 21.5. The minimum atomic E-state index is -0.655. The number of carbonyl (C=O) groups excluding carboxylic acids is 1. The van der Waals surface area contributed by atoms with Crippen molar-refractivity contribution in [2.24, 2.45) is 5.10 Å². The number of rotatable bonds is 4. The van der Waals surface area contributed by atoms with Gasteiger partial charge in [-0.1, -0.05) is 22.0 Å². The van der Waals surface area contributed by atoms with Crippen molar-refractivity contribution in [1.82, 2.24) is 5.43 Å². The van der Waals surface area contributed by atoms with E-state index in [2.05, 4.69) is 26.5 Å². The first kappa shape index (κ1) is 13.9. The molecule has 1 amide bonds. The molecule has 0 spiro atoms. The Morgan fingerprint density at radius 2 is 2.20 bits per heavy atom. The second-order valence-corrected chi connectivity index (χ2v) is 4.56. The lowest BCUT2D eigenvalue weighted by atomic mass is 10.2. The molecule has 0 aliphatic carbocycles. The standard InChI is InChI=1S/C12H8BrN3O4/c13-9-3-1-2-8(6-9)12(17)15-14-7-10-4-5-11(20-10)16(18)19/h1-7H,(H,15,17)/b14-7-. The molecule has 0 bridgehead atoms. The highest BCUT2D eigenvalue weighted by molar-refractivity contribution is 9.10. The van der Waals surface area contributed by atoms with Gasteiger partial charge in [-0.05, 0) is 24.3 Å². The zero-order chi connectivity index (χ0) is 14.5. The smallest absolute Gasteiger partial charge is 0.400 e. The van der Waals surface area contributed by atoms with E-state index >= 15 is 0 Å². The molecule has 1 aromatic carbocycles. The third-order valence-electron chi connectivity index (χ3n) is 2.24. The summed E-state index contributed by atoms with van der Waals surface area (Å²) in [6.45, 7) is 0. The van der Waals surface area contributed by atoms with Crippen molar-refractivity contribution in [3.05, 3.63) is 62.3 Å². The number of benzene rings is 1. The van der Waals surface area contributed by atoms with Crippen molar-refractivity contribution in [1.29, 1.82) is 0 Å². The van der Waals surface area contributed by atoms with Crippen LogP contribution in [-0.4, -0.2) is 17.0 Å². The predicted molar refractivity (Wildman–Crippen MR) is 74.6 cm³/mol. The maximum absolute atomic E-state index is 11.7. The van der Waals surface area contributed by atoms with E-state index < -0.39 is 10.8 Å². The quantitative estimate of drug-likeness (QED) is 0.526. The Morgan fingerprint density at radius 3 is 2.85 bits per heavy atom. The number of hydrogen-bond acceptors (Lipinski definition) is 5. The number of hydrazone groups is 1. The number of nitrogens with zero attached hydrogens (tertiary/aromatic N) is 2. The Kier molecular flexibility index (Phi) is 4.26. The lowest BCUT2D eigenvalue weighted by Crippen LogP contribution is -2.17. The van der Waals surface area contributed by atoms with Gasteiger partial charge in [0, 0.05) is 10.0 Å². The number of amides is 1. The normalized spacial score (nSPS) is 10.7. The van der Waals surface area contributed by atoms with Gasteiger partial charge in [0.25, 0.3) is 5.91 Å². The molecule has 0 radical (unpaired) electrons. The SMILES string of the molecule is O=C(N/N=C\c1ccc([N+](=O)[O-])o1)c1cccc(Br)c1. The van der Waals surface area contributed by atoms with Crippen LogP contribution in [0, 0.1) is 10.1 Å². The number of furan rings is 1. The van der Waals surface area contributed by atoms with Crippen LogP contribution < -0.4 is 5.43 Å². The minimum absolute atomic E-state index is 0.172. The third-order valence-corrected chi connectivity index (χ3v) is 2.73. The van der Waals surface area contributed by atoms with Crippen LogP contribution in [-0.2, 0) is 0 Å². The van der Waals surface area contributed by atoms with E-state index in [0.717, 1.165) is 4.47 Å². The maximum atomic E-state index is 11.7. The molecule has 2 aromatic rings. The highest BCUT2D eigenvalue weighted by Gasteiger charge is 2.10. The largest absolute Gasteiger partial charge is 0.433 e. The van der Waals surface area contributed by atoms with Crippen LogP contribution in [0.25, 0.3) is 0 Å². The van der Waals surface area contributed by atoms with Gasteiger partial charge in [0.15, 0.2) is 5.76 Å². The van der Waals surface area contributed by atoms with Crippen molar-refractivity contribution in [2.45, 2.75) is 0 Å². The molecule has 102 valence electrons. The van der Waals surface area contributed by atoms with Gasteiger partial charge < -0.3 is 4.42 Å². The van der Waals surface area contributed by atoms with Gasteiger partial charge in [-0.25, -0.2) is 5.43 Å². The molecule has 0 aliphatic rings. The van der Waals surface area contributed by atoms with Gasteiger partial charge in [0.05, 0.1) is 12.3 Å². The number of nitrogens with one attached hydrogen (secondary N) is 1. The summed E-state index contributed by atoms with van der Waals surface area (Å²) in [6.07, 6.45) is 1.18. The monoisotopic (exact) mass is 337 g/mol. The summed E-state index contributed by atoms with van der Waals surface area (Å²) >= 11 is 3.25. The lowest BCUT2D eigenvalue weighted by molar-refractivity contribution is -0.402. The van der Waals surface area contributed by atoms with E-state index in [1.807, 2.05) is 0 Å². The molecule has 0 atom stereocenters. The van der Waals surface area contributed by atoms with Crippen LogP contribution in [0.3, 0.4) is 0 Å². The van der Waals surface area contributed by atoms with Crippen molar-refractivity contribution >= 4 is 33.9 Å². The molecule has 0 fully saturated rings. The van der Waals surface area contributed by atoms with E-state index in [9.17, 15) is 14.9 Å². The lowest BCUT2D eigenvalue weighted by Gasteiger charge is -1.99. The van der Waals surface area contributed by atoms with Gasteiger partial charge >= 0.3 is 5.88 Å². The molecule has 0 saturated carbocycles. The average Bonchev–Trinajstić information content (AvgIpc) is 2.87. The van der Waals surface area contributed by atoms with Gasteiger partial charge in [-0.2, -0.15) is 5.10 Å². The molecule has 0 unspecified atom stereocenters. The first-order valence-corrected chi connectivity index (χ1v) is 6.19. The van der Waals surface area contributed by atoms with Crippen LogP contribution >= 0.6 is 15.9 Å². The van der Waals surface area contributed by atoms with E-state index in [0.29, 0.717) is 5.56 Å². The molecule has 1 N–H and O–H groups in total. The third kappa shape index (κ3) is 3.51. The first-order chi connectivity index (χ1) is 9.56. The van der Waals surface area contributed by atoms with E-state index in [-0.39, 0.29) is 11.6 Å². The number of halogens is 1. The van der Waals surface area contributed by atoms with Crippen LogP contribution in [0.15, 0.2) is 50.4 Å². The zero-order valence-electron chi connectivity index (χ0n) is 9.95. The topological polar surface area (TPSA) is 97.7 Å². The molecule has 1 aromatic heterocycles. The molecule has 1 heterocycles. The maximum Gasteiger partial charge on any atom is 0.433 e. The Hall–Kier alpha value is -2.48. The van der Waals surface area contributed by atoms with Gasteiger partial charge in [0.1, 0.15) is 4.92 Å². The summed E-state index contributed by atoms with van der Waals surface area (Å²) in [7, 11) is 0. The Bertz CT molecular complexity index is 681. The Labute approximate surface area is 121 Å². The first-order valence-electron chi connectivity index (χ1n) is 5.39. The number of hydrogen-bond donors (Lipinski definition) is 1. The van der Waals surface area contributed by atoms with E-state index in [1.54, 1.807) is 24.3 Å². The fourth-order valence-electron chi connectivity index (χ4n) is 1.36. The van der Waals surface area contributed by atoms with Crippen LogP contribution in [0.5, 0.6) is 0 Å². The second-order valence-electron chi connectivity index (χ2n) is 3.64. The molecule has 8 heteroatoms. The minimum Gasteiger partial charge on any atom is -0.400 e. The average molecular weight is 338 g/mol. The molecular weight excluding hydrogens is 330 g/mol. The van der Waals surface area contributed by atoms with Crippen molar-refractivity contribution < 1.29 is 14.1 Å².